The standard InChI is InChI=1S/C20H15N3O2S/c1-26-20-22-16-11-13(18(25)15-9-5-6-10-17(15)24)12-21-19(16)23(20)14-7-3-2-4-8-14/h2-12,24H,1H3. The van der Waals surface area contributed by atoms with Crippen LogP contribution in [0.15, 0.2) is 72.0 Å². The van der Waals surface area contributed by atoms with Gasteiger partial charge in [0, 0.05) is 17.4 Å². The van der Waals surface area contributed by atoms with Crippen LogP contribution >= 0.6 is 11.8 Å². The molecule has 0 aliphatic rings. The van der Waals surface area contributed by atoms with Crippen LogP contribution in [0.4, 0.5) is 0 Å². The van der Waals surface area contributed by atoms with E-state index in [0.29, 0.717) is 16.7 Å². The molecule has 0 aliphatic heterocycles. The molecule has 0 aliphatic carbocycles. The predicted molar refractivity (Wildman–Crippen MR) is 102 cm³/mol. The molecule has 6 heteroatoms. The van der Waals surface area contributed by atoms with Crippen LogP contribution in [-0.2, 0) is 0 Å². The number of imidazole rings is 1. The highest BCUT2D eigenvalue weighted by Gasteiger charge is 2.18. The molecule has 4 rings (SSSR count). The monoisotopic (exact) mass is 361 g/mol. The Bertz CT molecular complexity index is 1110. The average molecular weight is 361 g/mol. The molecule has 0 fully saturated rings. The van der Waals surface area contributed by atoms with Crippen molar-refractivity contribution in [3.05, 3.63) is 78.0 Å². The first-order valence-electron chi connectivity index (χ1n) is 7.99. The lowest BCUT2D eigenvalue weighted by molar-refractivity contribution is 0.103. The van der Waals surface area contributed by atoms with Crippen molar-refractivity contribution in [1.29, 1.82) is 0 Å². The number of thioether (sulfide) groups is 1. The number of carbonyl (C=O) groups is 1. The van der Waals surface area contributed by atoms with Gasteiger partial charge in [-0.3, -0.25) is 9.36 Å². The fourth-order valence-electron chi connectivity index (χ4n) is 2.84. The van der Waals surface area contributed by atoms with Gasteiger partial charge in [-0.05, 0) is 36.6 Å². The third-order valence-corrected chi connectivity index (χ3v) is 4.71. The van der Waals surface area contributed by atoms with E-state index in [0.717, 1.165) is 10.8 Å². The van der Waals surface area contributed by atoms with Gasteiger partial charge in [0.05, 0.1) is 5.56 Å². The number of carbonyl (C=O) groups excluding carboxylic acids is 1. The van der Waals surface area contributed by atoms with Crippen molar-refractivity contribution in [3.8, 4) is 11.4 Å². The van der Waals surface area contributed by atoms with Gasteiger partial charge < -0.3 is 5.11 Å². The number of para-hydroxylation sites is 2. The average Bonchev–Trinajstić information content (AvgIpc) is 3.06. The number of hydrogen-bond acceptors (Lipinski definition) is 5. The summed E-state index contributed by atoms with van der Waals surface area (Å²) < 4.78 is 1.97. The zero-order valence-electron chi connectivity index (χ0n) is 14.0. The van der Waals surface area contributed by atoms with E-state index in [-0.39, 0.29) is 17.1 Å². The third kappa shape index (κ3) is 2.74. The van der Waals surface area contributed by atoms with Crippen molar-refractivity contribution >= 4 is 28.7 Å². The number of benzene rings is 2. The summed E-state index contributed by atoms with van der Waals surface area (Å²) in [5.74, 6) is -0.324. The molecule has 0 saturated carbocycles. The van der Waals surface area contributed by atoms with Crippen LogP contribution in [0.2, 0.25) is 0 Å². The van der Waals surface area contributed by atoms with Crippen LogP contribution in [0.5, 0.6) is 5.75 Å². The first-order chi connectivity index (χ1) is 12.7. The largest absolute Gasteiger partial charge is 0.507 e. The van der Waals surface area contributed by atoms with Gasteiger partial charge in [0.2, 0.25) is 0 Å². The van der Waals surface area contributed by atoms with Gasteiger partial charge in [-0.25, -0.2) is 9.97 Å². The summed E-state index contributed by atoms with van der Waals surface area (Å²) in [4.78, 5) is 21.8. The maximum Gasteiger partial charge on any atom is 0.198 e. The Balaban J connectivity index is 1.85. The molecule has 0 amide bonds. The lowest BCUT2D eigenvalue weighted by Gasteiger charge is -2.07. The first-order valence-corrected chi connectivity index (χ1v) is 9.22. The summed E-state index contributed by atoms with van der Waals surface area (Å²) in [6.45, 7) is 0. The van der Waals surface area contributed by atoms with Gasteiger partial charge in [-0.2, -0.15) is 0 Å². The number of fused-ring (bicyclic) bond motifs is 1. The number of phenolic OH excluding ortho intramolecular Hbond substituents is 1. The van der Waals surface area contributed by atoms with Gasteiger partial charge in [0.15, 0.2) is 16.6 Å². The van der Waals surface area contributed by atoms with Crippen LogP contribution in [0.3, 0.4) is 0 Å². The molecule has 0 radical (unpaired) electrons. The summed E-state index contributed by atoms with van der Waals surface area (Å²) in [5.41, 5.74) is 2.94. The molecule has 5 nitrogen and oxygen atoms in total. The lowest BCUT2D eigenvalue weighted by Crippen LogP contribution is -2.03. The second-order valence-corrected chi connectivity index (χ2v) is 6.46. The molecule has 0 atom stereocenters. The Morgan fingerprint density at radius 2 is 1.81 bits per heavy atom. The van der Waals surface area contributed by atoms with Gasteiger partial charge >= 0.3 is 0 Å². The summed E-state index contributed by atoms with van der Waals surface area (Å²) >= 11 is 1.52. The fraction of sp³-hybridized carbons (Fsp3) is 0.0500. The number of hydrogen-bond donors (Lipinski definition) is 1. The van der Waals surface area contributed by atoms with E-state index in [1.807, 2.05) is 41.2 Å². The summed E-state index contributed by atoms with van der Waals surface area (Å²) in [6.07, 6.45) is 3.48. The van der Waals surface area contributed by atoms with Gasteiger partial charge in [0.1, 0.15) is 11.3 Å². The van der Waals surface area contributed by atoms with E-state index in [1.165, 1.54) is 24.0 Å². The predicted octanol–water partition coefficient (Wildman–Crippen LogP) is 4.08. The van der Waals surface area contributed by atoms with Crippen molar-refractivity contribution in [1.82, 2.24) is 14.5 Å². The van der Waals surface area contributed by atoms with Crippen LogP contribution < -0.4 is 0 Å². The zero-order chi connectivity index (χ0) is 18.1. The van der Waals surface area contributed by atoms with Gasteiger partial charge in [-0.1, -0.05) is 42.1 Å². The number of aromatic hydroxyl groups is 1. The zero-order valence-corrected chi connectivity index (χ0v) is 14.8. The van der Waals surface area contributed by atoms with Crippen LogP contribution in [0.1, 0.15) is 15.9 Å². The molecular formula is C20H15N3O2S. The summed E-state index contributed by atoms with van der Waals surface area (Å²) in [7, 11) is 0. The Morgan fingerprint density at radius 3 is 2.54 bits per heavy atom. The fourth-order valence-corrected chi connectivity index (χ4v) is 3.40. The minimum absolute atomic E-state index is 0.0442. The normalized spacial score (nSPS) is 11.0. The van der Waals surface area contributed by atoms with E-state index in [1.54, 1.807) is 24.3 Å². The molecule has 0 spiro atoms. The Labute approximate surface area is 154 Å². The van der Waals surface area contributed by atoms with E-state index >= 15 is 0 Å². The lowest BCUT2D eigenvalue weighted by atomic mass is 10.0. The topological polar surface area (TPSA) is 68.0 Å². The van der Waals surface area contributed by atoms with Gasteiger partial charge in [-0.15, -0.1) is 0 Å². The number of phenols is 1. The van der Waals surface area contributed by atoms with Crippen molar-refractivity contribution in [2.24, 2.45) is 0 Å². The van der Waals surface area contributed by atoms with Gasteiger partial charge in [0.25, 0.3) is 0 Å². The first kappa shape index (κ1) is 16.4. The highest BCUT2D eigenvalue weighted by atomic mass is 32.2. The summed E-state index contributed by atoms with van der Waals surface area (Å²) in [5, 5.41) is 10.7. The smallest absolute Gasteiger partial charge is 0.198 e. The molecule has 0 unspecified atom stereocenters. The molecular weight excluding hydrogens is 346 g/mol. The molecule has 2 aromatic heterocycles. The van der Waals surface area contributed by atoms with E-state index < -0.39 is 0 Å². The number of pyridine rings is 1. The Morgan fingerprint density at radius 1 is 1.08 bits per heavy atom. The van der Waals surface area contributed by atoms with Crippen molar-refractivity contribution in [2.75, 3.05) is 6.26 Å². The number of nitrogens with zero attached hydrogens (tertiary/aromatic N) is 3. The van der Waals surface area contributed by atoms with E-state index in [4.69, 9.17) is 0 Å². The maximum absolute atomic E-state index is 12.7. The minimum atomic E-state index is -0.280. The van der Waals surface area contributed by atoms with Crippen molar-refractivity contribution in [2.45, 2.75) is 5.16 Å². The Hall–Kier alpha value is -3.12. The molecule has 0 saturated heterocycles. The maximum atomic E-state index is 12.7. The molecule has 2 heterocycles. The molecule has 4 aromatic rings. The molecule has 0 bridgehead atoms. The van der Waals surface area contributed by atoms with E-state index in [9.17, 15) is 9.90 Å². The second-order valence-electron chi connectivity index (χ2n) is 5.68. The quantitative estimate of drug-likeness (QED) is 0.438. The van der Waals surface area contributed by atoms with Crippen LogP contribution in [0.25, 0.3) is 16.9 Å². The third-order valence-electron chi connectivity index (χ3n) is 4.07. The molecule has 128 valence electrons. The van der Waals surface area contributed by atoms with Crippen LogP contribution in [-0.4, -0.2) is 31.7 Å². The molecule has 1 N–H and O–H groups in total. The number of aromatic nitrogens is 3. The van der Waals surface area contributed by atoms with Crippen LogP contribution in [0, 0.1) is 0 Å². The second kappa shape index (κ2) is 6.65. The minimum Gasteiger partial charge on any atom is -0.507 e. The molecule has 2 aromatic carbocycles. The Kier molecular flexibility index (Phi) is 4.18. The SMILES string of the molecule is CSc1nc2cc(C(=O)c3ccccc3O)cnc2n1-c1ccccc1. The number of ketones is 1. The highest BCUT2D eigenvalue weighted by Crippen LogP contribution is 2.27. The van der Waals surface area contributed by atoms with Crippen molar-refractivity contribution < 1.29 is 9.90 Å². The molecule has 26 heavy (non-hydrogen) atoms. The van der Waals surface area contributed by atoms with E-state index in [2.05, 4.69) is 9.97 Å². The number of rotatable bonds is 4. The summed E-state index contributed by atoms with van der Waals surface area (Å²) in [6, 6.07) is 18.1. The highest BCUT2D eigenvalue weighted by molar-refractivity contribution is 7.98. The van der Waals surface area contributed by atoms with Crippen molar-refractivity contribution in [3.63, 3.8) is 0 Å².